The van der Waals surface area contributed by atoms with Crippen LogP contribution in [-0.4, -0.2) is 20.8 Å². The van der Waals surface area contributed by atoms with Gasteiger partial charge in [0.2, 0.25) is 0 Å². The van der Waals surface area contributed by atoms with E-state index in [1.807, 2.05) is 20.8 Å². The minimum Gasteiger partial charge on any atom is -0.402 e. The Kier molecular flexibility index (Phi) is 5.00. The molecule has 29 heavy (non-hydrogen) atoms. The molecule has 5 nitrogen and oxygen atoms in total. The third-order valence-corrected chi connectivity index (χ3v) is 7.12. The number of rotatable bonds is 3. The molecule has 0 amide bonds. The largest absolute Gasteiger partial charge is 0.402 e. The molecule has 2 unspecified atom stereocenters. The SMILES string of the molecule is CC1=C(N)CCCC1c1c(F)cc(C(N)O)c2[nH]c3c(c12)CC[C@H](C(C)(C)O)C3. The van der Waals surface area contributed by atoms with Gasteiger partial charge in [0, 0.05) is 33.8 Å². The van der Waals surface area contributed by atoms with Crippen molar-refractivity contribution in [1.29, 1.82) is 0 Å². The second-order valence-corrected chi connectivity index (χ2v) is 9.38. The minimum atomic E-state index is -1.26. The number of nitrogens with one attached hydrogen (secondary N) is 1. The van der Waals surface area contributed by atoms with Crippen LogP contribution in [0.1, 0.15) is 81.0 Å². The summed E-state index contributed by atoms with van der Waals surface area (Å²) >= 11 is 0. The summed E-state index contributed by atoms with van der Waals surface area (Å²) in [6, 6.07) is 1.37. The van der Waals surface area contributed by atoms with E-state index >= 15 is 4.39 Å². The number of hydrogen-bond donors (Lipinski definition) is 5. The second kappa shape index (κ2) is 7.11. The molecule has 2 aromatic rings. The van der Waals surface area contributed by atoms with Crippen molar-refractivity contribution >= 4 is 10.9 Å². The number of allylic oxidation sites excluding steroid dienone is 2. The lowest BCUT2D eigenvalue weighted by Crippen LogP contribution is -2.35. The summed E-state index contributed by atoms with van der Waals surface area (Å²) in [4.78, 5) is 3.44. The minimum absolute atomic E-state index is 0.0675. The molecular formula is C23H32FN3O2. The normalized spacial score (nSPS) is 24.1. The summed E-state index contributed by atoms with van der Waals surface area (Å²) in [5.74, 6) is -0.279. The van der Waals surface area contributed by atoms with Crippen LogP contribution in [0.5, 0.6) is 0 Å². The highest BCUT2D eigenvalue weighted by molar-refractivity contribution is 5.92. The first-order valence-corrected chi connectivity index (χ1v) is 10.6. The highest BCUT2D eigenvalue weighted by Gasteiger charge is 2.35. The number of aryl methyl sites for hydroxylation is 1. The Morgan fingerprint density at radius 1 is 1.28 bits per heavy atom. The third-order valence-electron chi connectivity index (χ3n) is 7.12. The number of hydrogen-bond acceptors (Lipinski definition) is 4. The number of aliphatic hydroxyl groups excluding tert-OH is 1. The predicted octanol–water partition coefficient (Wildman–Crippen LogP) is 3.63. The Labute approximate surface area is 171 Å². The van der Waals surface area contributed by atoms with Gasteiger partial charge in [0.1, 0.15) is 12.0 Å². The van der Waals surface area contributed by atoms with Crippen molar-refractivity contribution < 1.29 is 14.6 Å². The van der Waals surface area contributed by atoms with Gasteiger partial charge in [0.15, 0.2) is 0 Å². The van der Waals surface area contributed by atoms with Gasteiger partial charge in [-0.2, -0.15) is 0 Å². The van der Waals surface area contributed by atoms with E-state index in [-0.39, 0.29) is 17.7 Å². The van der Waals surface area contributed by atoms with Gasteiger partial charge in [0.05, 0.1) is 11.1 Å². The van der Waals surface area contributed by atoms with Gasteiger partial charge in [-0.25, -0.2) is 4.39 Å². The van der Waals surface area contributed by atoms with Gasteiger partial charge in [0.25, 0.3) is 0 Å². The molecule has 7 N–H and O–H groups in total. The van der Waals surface area contributed by atoms with Crippen molar-refractivity contribution in [1.82, 2.24) is 4.98 Å². The lowest BCUT2D eigenvalue weighted by Gasteiger charge is -2.33. The highest BCUT2D eigenvalue weighted by Crippen LogP contribution is 2.45. The van der Waals surface area contributed by atoms with E-state index in [0.29, 0.717) is 17.5 Å². The van der Waals surface area contributed by atoms with Crippen LogP contribution >= 0.6 is 0 Å². The van der Waals surface area contributed by atoms with Crippen LogP contribution in [0.25, 0.3) is 10.9 Å². The van der Waals surface area contributed by atoms with E-state index in [0.717, 1.165) is 65.5 Å². The molecule has 158 valence electrons. The predicted molar refractivity (Wildman–Crippen MR) is 113 cm³/mol. The zero-order chi connectivity index (χ0) is 21.1. The van der Waals surface area contributed by atoms with Crippen molar-refractivity contribution in [3.05, 3.63) is 45.5 Å². The first-order valence-electron chi connectivity index (χ1n) is 10.6. The lowest BCUT2D eigenvalue weighted by molar-refractivity contribution is 0.0107. The maximum atomic E-state index is 15.5. The molecule has 0 aliphatic heterocycles. The number of nitrogens with two attached hydrogens (primary N) is 2. The molecule has 1 aromatic heterocycles. The molecule has 0 fully saturated rings. The van der Waals surface area contributed by atoms with Crippen LogP contribution < -0.4 is 11.5 Å². The van der Waals surface area contributed by atoms with Gasteiger partial charge in [-0.05, 0) is 82.4 Å². The number of aliphatic hydroxyl groups is 2. The Hall–Kier alpha value is -1.89. The Balaban J connectivity index is 1.96. The van der Waals surface area contributed by atoms with Crippen LogP contribution in [-0.2, 0) is 12.8 Å². The van der Waals surface area contributed by atoms with Crippen LogP contribution in [0, 0.1) is 11.7 Å². The molecule has 0 saturated carbocycles. The van der Waals surface area contributed by atoms with E-state index in [2.05, 4.69) is 4.98 Å². The third kappa shape index (κ3) is 3.37. The number of fused-ring (bicyclic) bond motifs is 3. The fraction of sp³-hybridized carbons (Fsp3) is 0.565. The van der Waals surface area contributed by atoms with Gasteiger partial charge in [-0.15, -0.1) is 0 Å². The van der Waals surface area contributed by atoms with Gasteiger partial charge >= 0.3 is 0 Å². The average molecular weight is 402 g/mol. The van der Waals surface area contributed by atoms with E-state index in [4.69, 9.17) is 11.5 Å². The van der Waals surface area contributed by atoms with Crippen molar-refractivity contribution in [2.24, 2.45) is 17.4 Å². The fourth-order valence-electron chi connectivity index (χ4n) is 5.30. The van der Waals surface area contributed by atoms with Crippen LogP contribution in [0.3, 0.4) is 0 Å². The average Bonchev–Trinajstić information content (AvgIpc) is 3.01. The van der Waals surface area contributed by atoms with Crippen LogP contribution in [0.2, 0.25) is 0 Å². The maximum Gasteiger partial charge on any atom is 0.130 e. The quantitative estimate of drug-likeness (QED) is 0.506. The smallest absolute Gasteiger partial charge is 0.130 e. The van der Waals surface area contributed by atoms with E-state index in [1.165, 1.54) is 6.07 Å². The lowest BCUT2D eigenvalue weighted by atomic mass is 9.75. The molecule has 3 atom stereocenters. The van der Waals surface area contributed by atoms with E-state index < -0.39 is 11.8 Å². The standard InChI is InChI=1S/C23H32FN3O2/c1-11-13(5-4-6-17(11)25)19-16(24)10-15(22(26)28)21-20(19)14-8-7-12(23(2,3)29)9-18(14)27-21/h10,12-13,22,27-29H,4-9,25-26H2,1-3H3/t12-,13?,22?/m0/s1. The zero-order valence-electron chi connectivity index (χ0n) is 17.5. The summed E-state index contributed by atoms with van der Waals surface area (Å²) in [5.41, 5.74) is 17.0. The Morgan fingerprint density at radius 2 is 2.00 bits per heavy atom. The topological polar surface area (TPSA) is 108 Å². The highest BCUT2D eigenvalue weighted by atomic mass is 19.1. The molecule has 6 heteroatoms. The number of halogens is 1. The van der Waals surface area contributed by atoms with Crippen molar-refractivity contribution in [3.63, 3.8) is 0 Å². The fourth-order valence-corrected chi connectivity index (χ4v) is 5.30. The second-order valence-electron chi connectivity index (χ2n) is 9.38. The molecule has 1 heterocycles. The Bertz CT molecular complexity index is 984. The van der Waals surface area contributed by atoms with Crippen molar-refractivity contribution in [3.8, 4) is 0 Å². The number of benzene rings is 1. The number of H-pyrrole nitrogens is 1. The van der Waals surface area contributed by atoms with Gasteiger partial charge in [-0.3, -0.25) is 0 Å². The van der Waals surface area contributed by atoms with Crippen molar-refractivity contribution in [2.75, 3.05) is 0 Å². The zero-order valence-corrected chi connectivity index (χ0v) is 17.5. The molecular weight excluding hydrogens is 369 g/mol. The summed E-state index contributed by atoms with van der Waals surface area (Å²) in [6.45, 7) is 5.68. The summed E-state index contributed by atoms with van der Waals surface area (Å²) in [7, 11) is 0. The van der Waals surface area contributed by atoms with E-state index in [9.17, 15) is 10.2 Å². The molecule has 0 radical (unpaired) electrons. The summed E-state index contributed by atoms with van der Waals surface area (Å²) < 4.78 is 15.5. The number of aromatic nitrogens is 1. The number of aromatic amines is 1. The molecule has 1 aromatic carbocycles. The Morgan fingerprint density at radius 3 is 2.66 bits per heavy atom. The summed E-state index contributed by atoms with van der Waals surface area (Å²) in [5, 5.41) is 21.5. The maximum absolute atomic E-state index is 15.5. The molecule has 0 bridgehead atoms. The van der Waals surface area contributed by atoms with Gasteiger partial charge in [-0.1, -0.05) is 0 Å². The first-order chi connectivity index (χ1) is 13.6. The molecule has 4 rings (SSSR count). The molecule has 0 spiro atoms. The van der Waals surface area contributed by atoms with Gasteiger partial charge < -0.3 is 26.7 Å². The summed E-state index contributed by atoms with van der Waals surface area (Å²) in [6.07, 6.45) is 3.66. The molecule has 0 saturated heterocycles. The van der Waals surface area contributed by atoms with Crippen LogP contribution in [0.4, 0.5) is 4.39 Å². The van der Waals surface area contributed by atoms with Crippen molar-refractivity contribution in [2.45, 2.75) is 77.0 Å². The molecule has 2 aliphatic rings. The first kappa shape index (κ1) is 20.4. The van der Waals surface area contributed by atoms with E-state index in [1.54, 1.807) is 0 Å². The molecule has 2 aliphatic carbocycles. The monoisotopic (exact) mass is 401 g/mol. The van der Waals surface area contributed by atoms with Crippen LogP contribution in [0.15, 0.2) is 17.3 Å².